The quantitative estimate of drug-likeness (QED) is 0.915. The molecule has 24 heavy (non-hydrogen) atoms. The van der Waals surface area contributed by atoms with Gasteiger partial charge in [-0.25, -0.2) is 4.79 Å². The predicted octanol–water partition coefficient (Wildman–Crippen LogP) is 2.11. The lowest BCUT2D eigenvalue weighted by molar-refractivity contribution is 0.194. The molecule has 1 aliphatic rings. The van der Waals surface area contributed by atoms with Crippen molar-refractivity contribution in [2.45, 2.75) is 13.3 Å². The monoisotopic (exact) mass is 349 g/mol. The zero-order valence-corrected chi connectivity index (χ0v) is 14.3. The Kier molecular flexibility index (Phi) is 5.20. The average molecular weight is 350 g/mol. The molecule has 8 heteroatoms. The lowest BCUT2D eigenvalue weighted by Crippen LogP contribution is -2.52. The normalized spacial score (nSPS) is 14.8. The number of rotatable bonds is 4. The number of nitrogens with zero attached hydrogens (tertiary/aromatic N) is 4. The number of urea groups is 1. The number of benzene rings is 1. The Labute approximate surface area is 145 Å². The number of aryl methyl sites for hydroxylation is 1. The second kappa shape index (κ2) is 7.53. The third-order valence-electron chi connectivity index (χ3n) is 3.94. The Morgan fingerprint density at radius 3 is 2.71 bits per heavy atom. The maximum atomic E-state index is 12.2. The molecule has 1 N–H and O–H groups in total. The Hall–Kier alpha value is -2.28. The van der Waals surface area contributed by atoms with Gasteiger partial charge in [-0.3, -0.25) is 0 Å². The molecule has 0 bridgehead atoms. The number of carbonyl (C=O) groups excluding carboxylic acids is 1. The summed E-state index contributed by atoms with van der Waals surface area (Å²) in [5.41, 5.74) is 1.02. The Balaban J connectivity index is 1.44. The van der Waals surface area contributed by atoms with Gasteiger partial charge in [0.1, 0.15) is 0 Å². The SMILES string of the molecule is Cc1noc(CCNC(=O)N2CCN(c3ccccc3Cl)CC2)n1. The third kappa shape index (κ3) is 3.97. The zero-order valence-electron chi connectivity index (χ0n) is 13.5. The van der Waals surface area contributed by atoms with Crippen LogP contribution in [0.1, 0.15) is 11.7 Å². The van der Waals surface area contributed by atoms with Crippen LogP contribution in [0, 0.1) is 6.92 Å². The topological polar surface area (TPSA) is 74.5 Å². The summed E-state index contributed by atoms with van der Waals surface area (Å²) in [6.45, 7) is 5.10. The van der Waals surface area contributed by atoms with Crippen molar-refractivity contribution in [2.75, 3.05) is 37.6 Å². The van der Waals surface area contributed by atoms with Gasteiger partial charge in [0.25, 0.3) is 0 Å². The first-order valence-electron chi connectivity index (χ1n) is 7.95. The summed E-state index contributed by atoms with van der Waals surface area (Å²) < 4.78 is 5.02. The Morgan fingerprint density at radius 1 is 1.29 bits per heavy atom. The van der Waals surface area contributed by atoms with Gasteiger partial charge in [0.05, 0.1) is 10.7 Å². The molecule has 0 radical (unpaired) electrons. The summed E-state index contributed by atoms with van der Waals surface area (Å²) >= 11 is 6.23. The van der Waals surface area contributed by atoms with E-state index in [1.807, 2.05) is 29.2 Å². The fourth-order valence-corrected chi connectivity index (χ4v) is 2.94. The molecule has 2 heterocycles. The van der Waals surface area contributed by atoms with Gasteiger partial charge >= 0.3 is 6.03 Å². The zero-order chi connectivity index (χ0) is 16.9. The number of halogens is 1. The largest absolute Gasteiger partial charge is 0.367 e. The van der Waals surface area contributed by atoms with Gasteiger partial charge in [0.15, 0.2) is 5.82 Å². The molecular formula is C16H20ClN5O2. The molecule has 2 aromatic rings. The van der Waals surface area contributed by atoms with Crippen LogP contribution >= 0.6 is 11.6 Å². The fourth-order valence-electron chi connectivity index (χ4n) is 2.69. The van der Waals surface area contributed by atoms with E-state index in [1.165, 1.54) is 0 Å². The van der Waals surface area contributed by atoms with Crippen LogP contribution in [0.3, 0.4) is 0 Å². The molecule has 128 valence electrons. The number of amides is 2. The Bertz CT molecular complexity index is 697. The molecule has 1 aromatic carbocycles. The van der Waals surface area contributed by atoms with E-state index in [9.17, 15) is 4.79 Å². The number of hydrogen-bond acceptors (Lipinski definition) is 5. The lowest BCUT2D eigenvalue weighted by Gasteiger charge is -2.36. The molecule has 0 atom stereocenters. The fraction of sp³-hybridized carbons (Fsp3) is 0.438. The van der Waals surface area contributed by atoms with Crippen molar-refractivity contribution in [3.05, 3.63) is 41.0 Å². The van der Waals surface area contributed by atoms with Crippen LogP contribution in [0.5, 0.6) is 0 Å². The molecule has 1 fully saturated rings. The van der Waals surface area contributed by atoms with E-state index in [1.54, 1.807) is 6.92 Å². The van der Waals surface area contributed by atoms with E-state index in [2.05, 4.69) is 20.4 Å². The van der Waals surface area contributed by atoms with Gasteiger partial charge < -0.3 is 19.6 Å². The van der Waals surface area contributed by atoms with Gasteiger partial charge in [0.2, 0.25) is 5.89 Å². The van der Waals surface area contributed by atoms with Crippen molar-refractivity contribution in [2.24, 2.45) is 0 Å². The van der Waals surface area contributed by atoms with Gasteiger partial charge in [-0.15, -0.1) is 0 Å². The molecule has 0 unspecified atom stereocenters. The van der Waals surface area contributed by atoms with E-state index >= 15 is 0 Å². The molecule has 1 aromatic heterocycles. The van der Waals surface area contributed by atoms with Crippen LogP contribution in [-0.4, -0.2) is 53.8 Å². The van der Waals surface area contributed by atoms with Crippen molar-refractivity contribution in [1.29, 1.82) is 0 Å². The molecule has 0 saturated carbocycles. The van der Waals surface area contributed by atoms with Crippen LogP contribution in [0.15, 0.2) is 28.8 Å². The second-order valence-electron chi connectivity index (χ2n) is 5.64. The first-order valence-corrected chi connectivity index (χ1v) is 8.33. The highest BCUT2D eigenvalue weighted by Crippen LogP contribution is 2.25. The smallest absolute Gasteiger partial charge is 0.317 e. The number of piperazine rings is 1. The summed E-state index contributed by atoms with van der Waals surface area (Å²) in [6, 6.07) is 7.71. The number of anilines is 1. The maximum Gasteiger partial charge on any atom is 0.317 e. The first-order chi connectivity index (χ1) is 11.6. The number of para-hydroxylation sites is 1. The summed E-state index contributed by atoms with van der Waals surface area (Å²) in [6.07, 6.45) is 0.534. The lowest BCUT2D eigenvalue weighted by atomic mass is 10.2. The van der Waals surface area contributed by atoms with Crippen molar-refractivity contribution in [3.63, 3.8) is 0 Å². The van der Waals surface area contributed by atoms with Crippen LogP contribution in [0.25, 0.3) is 0 Å². The molecule has 1 aliphatic heterocycles. The van der Waals surface area contributed by atoms with Gasteiger partial charge in [-0.05, 0) is 19.1 Å². The minimum Gasteiger partial charge on any atom is -0.367 e. The van der Waals surface area contributed by atoms with Crippen molar-refractivity contribution in [3.8, 4) is 0 Å². The van der Waals surface area contributed by atoms with Crippen LogP contribution in [0.2, 0.25) is 5.02 Å². The Morgan fingerprint density at radius 2 is 2.04 bits per heavy atom. The molecular weight excluding hydrogens is 330 g/mol. The van der Waals surface area contributed by atoms with Crippen molar-refractivity contribution >= 4 is 23.3 Å². The number of nitrogens with one attached hydrogen (secondary N) is 1. The molecule has 7 nitrogen and oxygen atoms in total. The van der Waals surface area contributed by atoms with E-state index in [0.29, 0.717) is 37.8 Å². The standard InChI is InChI=1S/C16H20ClN5O2/c1-12-19-15(24-20-12)6-7-18-16(23)22-10-8-21(9-11-22)14-5-3-2-4-13(14)17/h2-5H,6-11H2,1H3,(H,18,23). The molecule has 0 spiro atoms. The summed E-state index contributed by atoms with van der Waals surface area (Å²) in [4.78, 5) is 20.3. The molecule has 3 rings (SSSR count). The summed E-state index contributed by atoms with van der Waals surface area (Å²) in [5, 5.41) is 7.35. The molecule has 1 saturated heterocycles. The van der Waals surface area contributed by atoms with Crippen molar-refractivity contribution < 1.29 is 9.32 Å². The summed E-state index contributed by atoms with van der Waals surface area (Å²) in [5.74, 6) is 1.14. The number of hydrogen-bond donors (Lipinski definition) is 1. The third-order valence-corrected chi connectivity index (χ3v) is 4.26. The number of carbonyl (C=O) groups is 1. The molecule has 2 amide bonds. The minimum atomic E-state index is -0.0648. The second-order valence-corrected chi connectivity index (χ2v) is 6.05. The summed E-state index contributed by atoms with van der Waals surface area (Å²) in [7, 11) is 0. The van der Waals surface area contributed by atoms with E-state index in [-0.39, 0.29) is 6.03 Å². The van der Waals surface area contributed by atoms with Crippen molar-refractivity contribution in [1.82, 2.24) is 20.4 Å². The molecule has 0 aliphatic carbocycles. The minimum absolute atomic E-state index is 0.0648. The predicted molar refractivity (Wildman–Crippen MR) is 91.4 cm³/mol. The van der Waals surface area contributed by atoms with Crippen LogP contribution in [-0.2, 0) is 6.42 Å². The van der Waals surface area contributed by atoms with E-state index in [0.717, 1.165) is 23.8 Å². The van der Waals surface area contributed by atoms with Gasteiger partial charge in [-0.1, -0.05) is 28.9 Å². The van der Waals surface area contributed by atoms with Crippen LogP contribution < -0.4 is 10.2 Å². The van der Waals surface area contributed by atoms with E-state index < -0.39 is 0 Å². The number of aromatic nitrogens is 2. The highest BCUT2D eigenvalue weighted by molar-refractivity contribution is 6.33. The highest BCUT2D eigenvalue weighted by Gasteiger charge is 2.22. The first kappa shape index (κ1) is 16.6. The highest BCUT2D eigenvalue weighted by atomic mass is 35.5. The van der Waals surface area contributed by atoms with Crippen LogP contribution in [0.4, 0.5) is 10.5 Å². The van der Waals surface area contributed by atoms with E-state index in [4.69, 9.17) is 16.1 Å². The average Bonchev–Trinajstić information content (AvgIpc) is 3.01. The van der Waals surface area contributed by atoms with Gasteiger partial charge in [-0.2, -0.15) is 4.98 Å². The van der Waals surface area contributed by atoms with Gasteiger partial charge in [0, 0.05) is 39.1 Å². The maximum absolute atomic E-state index is 12.2.